The van der Waals surface area contributed by atoms with E-state index in [2.05, 4.69) is 25.5 Å². The van der Waals surface area contributed by atoms with Crippen molar-refractivity contribution in [1.29, 1.82) is 0 Å². The van der Waals surface area contributed by atoms with Gasteiger partial charge in [-0.05, 0) is 19.1 Å². The fraction of sp³-hybridized carbons (Fsp3) is 0.125. The van der Waals surface area contributed by atoms with E-state index in [1.807, 2.05) is 13.0 Å². The monoisotopic (exact) mass is 342 g/mol. The maximum atomic E-state index is 13.8. The third kappa shape index (κ3) is 2.80. The third-order valence-corrected chi connectivity index (χ3v) is 3.56. The Morgan fingerprint density at radius 2 is 1.96 bits per heavy atom. The maximum Gasteiger partial charge on any atom is 0.263 e. The highest BCUT2D eigenvalue weighted by Gasteiger charge is 2.18. The zero-order valence-corrected chi connectivity index (χ0v) is 13.1. The van der Waals surface area contributed by atoms with Crippen molar-refractivity contribution in [2.75, 3.05) is 5.32 Å². The topological polar surface area (TPSA) is 81.1 Å². The Balaban J connectivity index is 1.58. The molecule has 4 aromatic rings. The van der Waals surface area contributed by atoms with Gasteiger partial charge < -0.3 is 9.84 Å². The van der Waals surface area contributed by atoms with Crippen molar-refractivity contribution in [2.45, 2.75) is 13.5 Å². The molecule has 0 radical (unpaired) electrons. The van der Waals surface area contributed by atoms with E-state index in [0.29, 0.717) is 11.5 Å². The van der Waals surface area contributed by atoms with Gasteiger partial charge in [0, 0.05) is 17.8 Å². The summed E-state index contributed by atoms with van der Waals surface area (Å²) in [5.74, 6) is -0.775. The first-order chi connectivity index (χ1) is 12.1. The van der Waals surface area contributed by atoms with Crippen LogP contribution in [-0.2, 0) is 6.54 Å². The lowest BCUT2D eigenvalue weighted by Crippen LogP contribution is -2.07. The molecule has 0 fully saturated rings. The summed E-state index contributed by atoms with van der Waals surface area (Å²) in [6.07, 6.45) is 1.64. The van der Waals surface area contributed by atoms with E-state index >= 15 is 0 Å². The molecule has 9 heteroatoms. The van der Waals surface area contributed by atoms with Gasteiger partial charge in [0.25, 0.3) is 5.89 Å². The number of hydrogen-bond acceptors (Lipinski definition) is 6. The molecule has 0 aliphatic carbocycles. The van der Waals surface area contributed by atoms with Gasteiger partial charge in [-0.25, -0.2) is 13.8 Å². The molecule has 7 nitrogen and oxygen atoms in total. The highest BCUT2D eigenvalue weighted by atomic mass is 19.1. The molecule has 0 aliphatic rings. The molecular weight excluding hydrogens is 330 g/mol. The molecule has 0 aliphatic heterocycles. The van der Waals surface area contributed by atoms with Crippen LogP contribution in [0.5, 0.6) is 0 Å². The van der Waals surface area contributed by atoms with Crippen LogP contribution in [0.3, 0.4) is 0 Å². The number of fused-ring (bicyclic) bond motifs is 1. The Morgan fingerprint density at radius 1 is 1.16 bits per heavy atom. The van der Waals surface area contributed by atoms with Crippen molar-refractivity contribution in [3.63, 3.8) is 0 Å². The van der Waals surface area contributed by atoms with Gasteiger partial charge in [-0.2, -0.15) is 14.6 Å². The predicted octanol–water partition coefficient (Wildman–Crippen LogP) is 2.98. The highest BCUT2D eigenvalue weighted by molar-refractivity contribution is 5.54. The quantitative estimate of drug-likeness (QED) is 0.614. The minimum atomic E-state index is -0.758. The molecule has 0 spiro atoms. The molecular formula is C16H12F2N6O. The summed E-state index contributed by atoms with van der Waals surface area (Å²) in [6, 6.07) is 7.14. The number of nitrogens with one attached hydrogen (secondary N) is 1. The van der Waals surface area contributed by atoms with Crippen LogP contribution in [0.2, 0.25) is 0 Å². The van der Waals surface area contributed by atoms with Crippen LogP contribution >= 0.6 is 0 Å². The molecule has 0 bridgehead atoms. The van der Waals surface area contributed by atoms with Crippen LogP contribution in [0.15, 0.2) is 41.1 Å². The van der Waals surface area contributed by atoms with Crippen LogP contribution in [0.1, 0.15) is 11.5 Å². The standard InChI is InChI=1S/C16H12F2N6O/c1-9-7-14(24-13(21-9)5-6-20-24)19-8-12-22-16(25-23-12)15-10(17)3-2-4-11(15)18/h2-7,19H,8H2,1H3. The van der Waals surface area contributed by atoms with Gasteiger partial charge in [-0.3, -0.25) is 0 Å². The first kappa shape index (κ1) is 15.2. The van der Waals surface area contributed by atoms with Crippen molar-refractivity contribution in [3.05, 3.63) is 59.7 Å². The second kappa shape index (κ2) is 5.93. The van der Waals surface area contributed by atoms with Gasteiger partial charge in [0.05, 0.1) is 12.7 Å². The molecule has 4 rings (SSSR count). The molecule has 0 unspecified atom stereocenters. The van der Waals surface area contributed by atoms with Crippen molar-refractivity contribution < 1.29 is 13.3 Å². The van der Waals surface area contributed by atoms with Crippen molar-refractivity contribution in [2.24, 2.45) is 0 Å². The number of hydrogen-bond donors (Lipinski definition) is 1. The highest BCUT2D eigenvalue weighted by Crippen LogP contribution is 2.24. The van der Waals surface area contributed by atoms with E-state index in [1.54, 1.807) is 16.8 Å². The average Bonchev–Trinajstić information content (AvgIpc) is 3.21. The van der Waals surface area contributed by atoms with E-state index < -0.39 is 11.6 Å². The third-order valence-electron chi connectivity index (χ3n) is 3.56. The summed E-state index contributed by atoms with van der Waals surface area (Å²) >= 11 is 0. The van der Waals surface area contributed by atoms with Crippen LogP contribution in [0, 0.1) is 18.6 Å². The summed E-state index contributed by atoms with van der Waals surface area (Å²) < 4.78 is 34.2. The van der Waals surface area contributed by atoms with Crippen LogP contribution < -0.4 is 5.32 Å². The number of halogens is 2. The van der Waals surface area contributed by atoms with Crippen LogP contribution in [0.4, 0.5) is 14.6 Å². The lowest BCUT2D eigenvalue weighted by molar-refractivity contribution is 0.418. The first-order valence-electron chi connectivity index (χ1n) is 7.44. The fourth-order valence-electron chi connectivity index (χ4n) is 2.46. The Morgan fingerprint density at radius 3 is 2.76 bits per heavy atom. The molecule has 3 aromatic heterocycles. The molecule has 0 saturated heterocycles. The second-order valence-corrected chi connectivity index (χ2v) is 5.35. The summed E-state index contributed by atoms with van der Waals surface area (Å²) in [7, 11) is 0. The van der Waals surface area contributed by atoms with Gasteiger partial charge in [-0.1, -0.05) is 11.2 Å². The summed E-state index contributed by atoms with van der Waals surface area (Å²) in [4.78, 5) is 8.38. The molecule has 0 saturated carbocycles. The minimum absolute atomic E-state index is 0.192. The first-order valence-corrected chi connectivity index (χ1v) is 7.44. The molecule has 126 valence electrons. The van der Waals surface area contributed by atoms with Gasteiger partial charge >= 0.3 is 0 Å². The molecule has 3 heterocycles. The maximum absolute atomic E-state index is 13.8. The van der Waals surface area contributed by atoms with E-state index in [1.165, 1.54) is 6.07 Å². The Bertz CT molecular complexity index is 1040. The number of nitrogens with zero attached hydrogens (tertiary/aromatic N) is 5. The molecule has 0 amide bonds. The smallest absolute Gasteiger partial charge is 0.263 e. The molecule has 1 N–H and O–H groups in total. The number of aromatic nitrogens is 5. The van der Waals surface area contributed by atoms with Gasteiger partial charge in [0.15, 0.2) is 11.5 Å². The van der Waals surface area contributed by atoms with Crippen molar-refractivity contribution >= 4 is 11.5 Å². The summed E-state index contributed by atoms with van der Waals surface area (Å²) in [5, 5.41) is 11.0. The number of benzene rings is 1. The lowest BCUT2D eigenvalue weighted by Gasteiger charge is -2.07. The Hall–Kier alpha value is -3.36. The van der Waals surface area contributed by atoms with Crippen molar-refractivity contribution in [3.8, 4) is 11.5 Å². The van der Waals surface area contributed by atoms with Crippen LogP contribution in [0.25, 0.3) is 17.1 Å². The van der Waals surface area contributed by atoms with Crippen LogP contribution in [-0.4, -0.2) is 24.7 Å². The SMILES string of the molecule is Cc1cc(NCc2noc(-c3c(F)cccc3F)n2)n2nccc2n1. The average molecular weight is 342 g/mol. The predicted molar refractivity (Wildman–Crippen MR) is 84.7 cm³/mol. The Labute approximate surface area is 140 Å². The lowest BCUT2D eigenvalue weighted by atomic mass is 10.2. The normalized spacial score (nSPS) is 11.2. The van der Waals surface area contributed by atoms with Gasteiger partial charge in [-0.15, -0.1) is 0 Å². The second-order valence-electron chi connectivity index (χ2n) is 5.35. The van der Waals surface area contributed by atoms with Gasteiger partial charge in [0.1, 0.15) is 23.0 Å². The number of rotatable bonds is 4. The molecule has 0 atom stereocenters. The van der Waals surface area contributed by atoms with E-state index in [4.69, 9.17) is 4.52 Å². The Kier molecular flexibility index (Phi) is 3.60. The van der Waals surface area contributed by atoms with Crippen molar-refractivity contribution in [1.82, 2.24) is 24.7 Å². The fourth-order valence-corrected chi connectivity index (χ4v) is 2.46. The summed E-state index contributed by atoms with van der Waals surface area (Å²) in [6.45, 7) is 2.06. The van der Waals surface area contributed by atoms with E-state index in [-0.39, 0.29) is 23.8 Å². The number of anilines is 1. The van der Waals surface area contributed by atoms with E-state index in [0.717, 1.165) is 17.8 Å². The zero-order valence-electron chi connectivity index (χ0n) is 13.1. The number of aryl methyl sites for hydroxylation is 1. The zero-order chi connectivity index (χ0) is 17.4. The summed E-state index contributed by atoms with van der Waals surface area (Å²) in [5.41, 5.74) is 1.18. The van der Waals surface area contributed by atoms with Gasteiger partial charge in [0.2, 0.25) is 0 Å². The molecule has 25 heavy (non-hydrogen) atoms. The minimum Gasteiger partial charge on any atom is -0.362 e. The molecule has 1 aromatic carbocycles. The largest absolute Gasteiger partial charge is 0.362 e. The van der Waals surface area contributed by atoms with E-state index in [9.17, 15) is 8.78 Å².